The molecule has 1 aromatic carbocycles. The van der Waals surface area contributed by atoms with E-state index in [2.05, 4.69) is 16.7 Å². The van der Waals surface area contributed by atoms with Gasteiger partial charge in [0.2, 0.25) is 5.91 Å². The number of nitrogens with one attached hydrogen (secondary N) is 3. The van der Waals surface area contributed by atoms with Crippen molar-refractivity contribution in [2.75, 3.05) is 26.7 Å². The fourth-order valence-electron chi connectivity index (χ4n) is 3.00. The second-order valence-electron chi connectivity index (χ2n) is 5.75. The molecule has 3 N–H and O–H groups in total. The predicted octanol–water partition coefficient (Wildman–Crippen LogP) is -0.122. The third-order valence-electron chi connectivity index (χ3n) is 4.20. The number of carbonyl (C=O) groups excluding carboxylic acids is 2. The maximum atomic E-state index is 12.0. The van der Waals surface area contributed by atoms with Gasteiger partial charge in [-0.1, -0.05) is 12.1 Å². The van der Waals surface area contributed by atoms with Gasteiger partial charge in [0.1, 0.15) is 6.04 Å². The zero-order valence-electron chi connectivity index (χ0n) is 13.1. The Morgan fingerprint density at radius 2 is 2.17 bits per heavy atom. The number of thiazole rings is 1. The molecule has 2 aromatic rings. The van der Waals surface area contributed by atoms with Gasteiger partial charge < -0.3 is 15.5 Å². The molecule has 6 nitrogen and oxygen atoms in total. The molecule has 1 fully saturated rings. The van der Waals surface area contributed by atoms with Crippen LogP contribution in [0, 0.1) is 0 Å². The fraction of sp³-hybridized carbons (Fsp3) is 0.438. The average molecular weight is 333 g/mol. The van der Waals surface area contributed by atoms with Gasteiger partial charge in [0, 0.05) is 19.9 Å². The van der Waals surface area contributed by atoms with E-state index in [4.69, 9.17) is 4.98 Å². The van der Waals surface area contributed by atoms with Gasteiger partial charge in [-0.3, -0.25) is 9.59 Å². The topological polar surface area (TPSA) is 75.5 Å². The van der Waals surface area contributed by atoms with Crippen LogP contribution in [0.15, 0.2) is 24.3 Å². The molecule has 0 radical (unpaired) electrons. The zero-order valence-corrected chi connectivity index (χ0v) is 13.9. The molecule has 1 unspecified atom stereocenters. The molecule has 2 amide bonds. The van der Waals surface area contributed by atoms with Crippen molar-refractivity contribution in [2.24, 2.45) is 0 Å². The number of hydrogen-bond acceptors (Lipinski definition) is 4. The highest BCUT2D eigenvalue weighted by Gasteiger charge is 2.33. The fourth-order valence-corrected chi connectivity index (χ4v) is 4.16. The number of likely N-dealkylation sites (tertiary alicyclic amines) is 1. The molecule has 122 valence electrons. The molecule has 7 heteroatoms. The summed E-state index contributed by atoms with van der Waals surface area (Å²) >= 11 is 1.72. The summed E-state index contributed by atoms with van der Waals surface area (Å²) < 4.78 is 1.19. The first-order valence-electron chi connectivity index (χ1n) is 7.84. The van der Waals surface area contributed by atoms with E-state index in [1.807, 2.05) is 18.2 Å². The van der Waals surface area contributed by atoms with Crippen LogP contribution in [0.2, 0.25) is 0 Å². The Kier molecular flexibility index (Phi) is 4.88. The van der Waals surface area contributed by atoms with Crippen molar-refractivity contribution >= 4 is 33.4 Å². The quantitative estimate of drug-likeness (QED) is 0.714. The summed E-state index contributed by atoms with van der Waals surface area (Å²) in [5.74, 6) is -0.269. The summed E-state index contributed by atoms with van der Waals surface area (Å²) in [4.78, 5) is 29.2. The van der Waals surface area contributed by atoms with Crippen LogP contribution in [0.25, 0.3) is 10.2 Å². The number of para-hydroxylation sites is 1. The van der Waals surface area contributed by atoms with Crippen molar-refractivity contribution in [3.05, 3.63) is 29.3 Å². The lowest BCUT2D eigenvalue weighted by molar-refractivity contribution is -0.910. The first kappa shape index (κ1) is 15.9. The number of nitrogens with zero attached hydrogens (tertiary/aromatic N) is 1. The van der Waals surface area contributed by atoms with Gasteiger partial charge in [-0.25, -0.2) is 4.98 Å². The van der Waals surface area contributed by atoms with Crippen LogP contribution in [0.4, 0.5) is 0 Å². The second-order valence-corrected chi connectivity index (χ2v) is 6.81. The molecule has 0 spiro atoms. The Balaban J connectivity index is 1.65. The first-order valence-corrected chi connectivity index (χ1v) is 8.66. The maximum absolute atomic E-state index is 12.0. The van der Waals surface area contributed by atoms with Crippen LogP contribution >= 0.6 is 11.3 Å². The smallest absolute Gasteiger partial charge is 0.275 e. The summed E-state index contributed by atoms with van der Waals surface area (Å²) in [6.07, 6.45) is 2.15. The highest BCUT2D eigenvalue weighted by Crippen LogP contribution is 2.28. The Bertz CT molecular complexity index is 682. The van der Waals surface area contributed by atoms with Crippen LogP contribution < -0.4 is 15.5 Å². The van der Waals surface area contributed by atoms with E-state index in [-0.39, 0.29) is 24.4 Å². The highest BCUT2D eigenvalue weighted by atomic mass is 32.1. The molecule has 2 heterocycles. The average Bonchev–Trinajstić information content (AvgIpc) is 3.18. The molecular formula is C16H21N4O2S+. The van der Waals surface area contributed by atoms with Crippen LogP contribution in [-0.4, -0.2) is 43.5 Å². The van der Waals surface area contributed by atoms with Crippen molar-refractivity contribution in [1.29, 1.82) is 0 Å². The van der Waals surface area contributed by atoms with Gasteiger partial charge in [-0.15, -0.1) is 11.3 Å². The molecular weight excluding hydrogens is 312 g/mol. The van der Waals surface area contributed by atoms with Crippen LogP contribution in [0.5, 0.6) is 0 Å². The minimum absolute atomic E-state index is 0.0361. The number of likely N-dealkylation sites (N-methyl/N-ethyl adjacent to an activating group) is 1. The SMILES string of the molecule is CNC(=O)CNC(=O)C[NH+]1CCC[C@@H]1c1nc2ccccc2s1. The Hall–Kier alpha value is -1.99. The number of rotatable bonds is 5. The van der Waals surface area contributed by atoms with Crippen molar-refractivity contribution in [2.45, 2.75) is 18.9 Å². The molecule has 2 atom stereocenters. The van der Waals surface area contributed by atoms with E-state index in [1.54, 1.807) is 18.4 Å². The monoisotopic (exact) mass is 333 g/mol. The Labute approximate surface area is 138 Å². The minimum atomic E-state index is -0.183. The first-order chi connectivity index (χ1) is 11.2. The van der Waals surface area contributed by atoms with Gasteiger partial charge >= 0.3 is 0 Å². The van der Waals surface area contributed by atoms with Gasteiger partial charge in [0.15, 0.2) is 11.6 Å². The highest BCUT2D eigenvalue weighted by molar-refractivity contribution is 7.18. The van der Waals surface area contributed by atoms with Crippen molar-refractivity contribution in [3.63, 3.8) is 0 Å². The van der Waals surface area contributed by atoms with E-state index in [0.717, 1.165) is 29.9 Å². The van der Waals surface area contributed by atoms with Gasteiger partial charge in [-0.2, -0.15) is 0 Å². The van der Waals surface area contributed by atoms with E-state index in [1.165, 1.54) is 9.60 Å². The number of carbonyl (C=O) groups is 2. The number of quaternary nitrogens is 1. The summed E-state index contributed by atoms with van der Waals surface area (Å²) in [5.41, 5.74) is 1.03. The number of fused-ring (bicyclic) bond motifs is 1. The number of hydrogen-bond donors (Lipinski definition) is 3. The normalized spacial score (nSPS) is 20.6. The maximum Gasteiger partial charge on any atom is 0.275 e. The Morgan fingerprint density at radius 3 is 2.96 bits per heavy atom. The van der Waals surface area contributed by atoms with E-state index in [9.17, 15) is 9.59 Å². The summed E-state index contributed by atoms with van der Waals surface area (Å²) in [6.45, 7) is 1.39. The molecule has 1 aliphatic rings. The lowest BCUT2D eigenvalue weighted by atomic mass is 10.2. The van der Waals surface area contributed by atoms with Crippen molar-refractivity contribution < 1.29 is 14.5 Å². The summed E-state index contributed by atoms with van der Waals surface area (Å²) in [5, 5.41) is 6.27. The molecule has 1 saturated heterocycles. The lowest BCUT2D eigenvalue weighted by Crippen LogP contribution is -3.11. The zero-order chi connectivity index (χ0) is 16.2. The molecule has 23 heavy (non-hydrogen) atoms. The van der Waals surface area contributed by atoms with Crippen LogP contribution in [0.1, 0.15) is 23.9 Å². The molecule has 0 saturated carbocycles. The van der Waals surface area contributed by atoms with Crippen LogP contribution in [-0.2, 0) is 9.59 Å². The van der Waals surface area contributed by atoms with Crippen molar-refractivity contribution in [1.82, 2.24) is 15.6 Å². The minimum Gasteiger partial charge on any atom is -0.358 e. The molecule has 1 aliphatic heterocycles. The standard InChI is InChI=1S/C16H20N4O2S/c1-17-14(21)9-18-15(22)10-20-8-4-6-12(20)16-19-11-5-2-3-7-13(11)23-16/h2-3,5,7,12H,4,6,8-10H2,1H3,(H,17,21)(H,18,22)/p+1/t12-/m1/s1. The van der Waals surface area contributed by atoms with E-state index < -0.39 is 0 Å². The van der Waals surface area contributed by atoms with E-state index >= 15 is 0 Å². The predicted molar refractivity (Wildman–Crippen MR) is 89.4 cm³/mol. The summed E-state index contributed by atoms with van der Waals surface area (Å²) in [6, 6.07) is 8.41. The van der Waals surface area contributed by atoms with E-state index in [0.29, 0.717) is 6.54 Å². The van der Waals surface area contributed by atoms with Crippen molar-refractivity contribution in [3.8, 4) is 0 Å². The van der Waals surface area contributed by atoms with Crippen LogP contribution in [0.3, 0.4) is 0 Å². The van der Waals surface area contributed by atoms with Gasteiger partial charge in [-0.05, 0) is 12.1 Å². The number of aromatic nitrogens is 1. The lowest BCUT2D eigenvalue weighted by Gasteiger charge is -2.19. The number of benzene rings is 1. The molecule has 1 aromatic heterocycles. The third-order valence-corrected chi connectivity index (χ3v) is 5.35. The summed E-state index contributed by atoms with van der Waals surface area (Å²) in [7, 11) is 1.56. The third kappa shape index (κ3) is 3.68. The van der Waals surface area contributed by atoms with Gasteiger partial charge in [0.25, 0.3) is 5.91 Å². The largest absolute Gasteiger partial charge is 0.358 e. The molecule has 0 aliphatic carbocycles. The van der Waals surface area contributed by atoms with Gasteiger partial charge in [0.05, 0.1) is 23.3 Å². The second kappa shape index (κ2) is 7.06. The Morgan fingerprint density at radius 1 is 1.35 bits per heavy atom. The molecule has 3 rings (SSSR count). The number of amides is 2. The molecule has 0 bridgehead atoms.